The first-order valence-electron chi connectivity index (χ1n) is 8.19. The summed E-state index contributed by atoms with van der Waals surface area (Å²) in [5.41, 5.74) is 5.17. The van der Waals surface area contributed by atoms with Crippen molar-refractivity contribution < 1.29 is 0 Å². The second-order valence-electron chi connectivity index (χ2n) is 6.35. The van der Waals surface area contributed by atoms with Gasteiger partial charge in [0.05, 0.1) is 16.1 Å². The number of anilines is 1. The van der Waals surface area contributed by atoms with E-state index in [0.717, 1.165) is 18.4 Å². The molecular weight excluding hydrogens is 325 g/mol. The lowest BCUT2D eigenvalue weighted by Gasteiger charge is -2.39. The first-order chi connectivity index (χ1) is 11.2. The van der Waals surface area contributed by atoms with E-state index in [1.54, 1.807) is 0 Å². The average molecular weight is 344 g/mol. The van der Waals surface area contributed by atoms with E-state index in [9.17, 15) is 0 Å². The fraction of sp³-hybridized carbons (Fsp3) is 0.300. The summed E-state index contributed by atoms with van der Waals surface area (Å²) in [6.07, 6.45) is 6.75. The van der Waals surface area contributed by atoms with Crippen molar-refractivity contribution >= 4 is 28.9 Å². The van der Waals surface area contributed by atoms with Gasteiger partial charge in [0.25, 0.3) is 0 Å². The number of nitrogens with one attached hydrogen (secondary N) is 1. The number of halogens is 2. The number of hydrogen-bond donors (Lipinski definition) is 1. The van der Waals surface area contributed by atoms with E-state index in [1.807, 2.05) is 12.1 Å². The quantitative estimate of drug-likeness (QED) is 0.623. The normalized spacial score (nSPS) is 24.9. The molecule has 0 spiro atoms. The third kappa shape index (κ3) is 2.38. The fourth-order valence-electron chi connectivity index (χ4n) is 4.05. The molecule has 0 saturated carbocycles. The van der Waals surface area contributed by atoms with Crippen molar-refractivity contribution in [1.29, 1.82) is 0 Å². The molecule has 0 unspecified atom stereocenters. The monoisotopic (exact) mass is 343 g/mol. The summed E-state index contributed by atoms with van der Waals surface area (Å²) in [5, 5.41) is 5.09. The van der Waals surface area contributed by atoms with E-state index in [1.165, 1.54) is 16.8 Å². The van der Waals surface area contributed by atoms with Gasteiger partial charge in [0.15, 0.2) is 0 Å². The highest BCUT2D eigenvalue weighted by Gasteiger charge is 2.39. The Morgan fingerprint density at radius 2 is 1.87 bits per heavy atom. The van der Waals surface area contributed by atoms with Gasteiger partial charge in [-0.25, -0.2) is 0 Å². The van der Waals surface area contributed by atoms with Gasteiger partial charge in [-0.15, -0.1) is 0 Å². The van der Waals surface area contributed by atoms with Crippen LogP contribution in [0.1, 0.15) is 42.0 Å². The van der Waals surface area contributed by atoms with Crippen molar-refractivity contribution in [3.8, 4) is 0 Å². The van der Waals surface area contributed by atoms with Gasteiger partial charge in [-0.2, -0.15) is 0 Å². The number of para-hydroxylation sites is 1. The molecule has 3 atom stereocenters. The maximum absolute atomic E-state index is 6.53. The number of rotatable bonds is 2. The molecule has 1 N–H and O–H groups in total. The molecule has 1 heterocycles. The Bertz CT molecular complexity index is 781. The zero-order chi connectivity index (χ0) is 16.0. The Labute approximate surface area is 147 Å². The van der Waals surface area contributed by atoms with Crippen molar-refractivity contribution in [1.82, 2.24) is 0 Å². The summed E-state index contributed by atoms with van der Waals surface area (Å²) in [6, 6.07) is 12.8. The van der Waals surface area contributed by atoms with Crippen LogP contribution in [0.15, 0.2) is 48.6 Å². The van der Waals surface area contributed by atoms with Crippen LogP contribution in [0, 0.1) is 5.92 Å². The smallest absolute Gasteiger partial charge is 0.0645 e. The maximum Gasteiger partial charge on any atom is 0.0645 e. The summed E-state index contributed by atoms with van der Waals surface area (Å²) in [7, 11) is 0. The van der Waals surface area contributed by atoms with E-state index in [-0.39, 0.29) is 6.04 Å². The van der Waals surface area contributed by atoms with Crippen LogP contribution >= 0.6 is 23.2 Å². The van der Waals surface area contributed by atoms with Crippen molar-refractivity contribution in [2.45, 2.75) is 31.7 Å². The highest BCUT2D eigenvalue weighted by Crippen LogP contribution is 2.52. The highest BCUT2D eigenvalue weighted by atomic mass is 35.5. The predicted octanol–water partition coefficient (Wildman–Crippen LogP) is 6.38. The molecule has 0 fully saturated rings. The lowest BCUT2D eigenvalue weighted by Crippen LogP contribution is -2.30. The van der Waals surface area contributed by atoms with Crippen LogP contribution in [0.4, 0.5) is 5.69 Å². The molecule has 2 aliphatic rings. The zero-order valence-corrected chi connectivity index (χ0v) is 14.5. The minimum absolute atomic E-state index is 0.196. The lowest BCUT2D eigenvalue weighted by molar-refractivity contribution is 0.425. The number of fused-ring (bicyclic) bond motifs is 3. The van der Waals surface area contributed by atoms with E-state index in [4.69, 9.17) is 23.2 Å². The molecule has 1 aliphatic carbocycles. The number of aryl methyl sites for hydroxylation is 1. The van der Waals surface area contributed by atoms with Crippen LogP contribution in [-0.4, -0.2) is 0 Å². The minimum Gasteiger partial charge on any atom is -0.377 e. The molecule has 118 valence electrons. The number of benzene rings is 2. The zero-order valence-electron chi connectivity index (χ0n) is 13.0. The maximum atomic E-state index is 6.53. The first-order valence-corrected chi connectivity index (χ1v) is 8.95. The molecule has 0 amide bonds. The molecule has 2 aromatic carbocycles. The van der Waals surface area contributed by atoms with Crippen molar-refractivity contribution in [2.75, 3.05) is 5.32 Å². The number of allylic oxidation sites excluding steroid dienone is 2. The Balaban J connectivity index is 1.85. The minimum atomic E-state index is 0.196. The molecule has 0 radical (unpaired) electrons. The lowest BCUT2D eigenvalue weighted by atomic mass is 9.76. The Morgan fingerprint density at radius 3 is 2.70 bits per heavy atom. The molecule has 0 saturated heterocycles. The van der Waals surface area contributed by atoms with Crippen LogP contribution in [0.25, 0.3) is 0 Å². The van der Waals surface area contributed by atoms with Gasteiger partial charge in [-0.05, 0) is 41.5 Å². The molecule has 4 rings (SSSR count). The summed E-state index contributed by atoms with van der Waals surface area (Å²) in [5.74, 6) is 0.948. The standard InChI is InChI=1S/C20H19Cl2N/c1-2-12-6-3-8-14-13-7-4-9-15(13)20(23-19(12)14)16-10-5-11-17(21)18(16)22/h3-8,10-11,13,15,20,23H,2,9H2,1H3/t13-,15-,20-/m0/s1. The van der Waals surface area contributed by atoms with E-state index < -0.39 is 0 Å². The molecule has 23 heavy (non-hydrogen) atoms. The van der Waals surface area contributed by atoms with Gasteiger partial charge < -0.3 is 5.32 Å². The first kappa shape index (κ1) is 15.1. The summed E-state index contributed by atoms with van der Waals surface area (Å²) in [6.45, 7) is 2.20. The molecule has 0 bridgehead atoms. The predicted molar refractivity (Wildman–Crippen MR) is 98.6 cm³/mol. The van der Waals surface area contributed by atoms with Crippen LogP contribution < -0.4 is 5.32 Å². The summed E-state index contributed by atoms with van der Waals surface area (Å²) in [4.78, 5) is 0. The van der Waals surface area contributed by atoms with Crippen LogP contribution in [0.2, 0.25) is 10.0 Å². The van der Waals surface area contributed by atoms with E-state index in [2.05, 4.69) is 48.7 Å². The molecule has 0 aromatic heterocycles. The topological polar surface area (TPSA) is 12.0 Å². The molecule has 2 aromatic rings. The Hall–Kier alpha value is -1.44. The second kappa shape index (κ2) is 5.89. The van der Waals surface area contributed by atoms with E-state index in [0.29, 0.717) is 21.9 Å². The van der Waals surface area contributed by atoms with Crippen molar-refractivity contribution in [3.05, 3.63) is 75.3 Å². The third-order valence-corrected chi connectivity index (χ3v) is 6.01. The van der Waals surface area contributed by atoms with Crippen LogP contribution in [0.3, 0.4) is 0 Å². The van der Waals surface area contributed by atoms with E-state index >= 15 is 0 Å². The molecule has 1 aliphatic heterocycles. The van der Waals surface area contributed by atoms with Gasteiger partial charge in [0.2, 0.25) is 0 Å². The SMILES string of the molecule is CCc1cccc2c1N[C@H](c1cccc(Cl)c1Cl)[C@H]1CC=C[C@@H]21. The van der Waals surface area contributed by atoms with Crippen molar-refractivity contribution in [2.24, 2.45) is 5.92 Å². The van der Waals surface area contributed by atoms with Gasteiger partial charge in [-0.3, -0.25) is 0 Å². The highest BCUT2D eigenvalue weighted by molar-refractivity contribution is 6.42. The summed E-state index contributed by atoms with van der Waals surface area (Å²) < 4.78 is 0. The Morgan fingerprint density at radius 1 is 1.09 bits per heavy atom. The van der Waals surface area contributed by atoms with Crippen molar-refractivity contribution in [3.63, 3.8) is 0 Å². The molecular formula is C20H19Cl2N. The molecule has 1 nitrogen and oxygen atoms in total. The van der Waals surface area contributed by atoms with Gasteiger partial charge >= 0.3 is 0 Å². The fourth-order valence-corrected chi connectivity index (χ4v) is 4.47. The Kier molecular flexibility index (Phi) is 3.87. The van der Waals surface area contributed by atoms with Crippen LogP contribution in [0.5, 0.6) is 0 Å². The van der Waals surface area contributed by atoms with Gasteiger partial charge in [0.1, 0.15) is 0 Å². The summed E-state index contributed by atoms with van der Waals surface area (Å²) >= 11 is 12.8. The number of hydrogen-bond acceptors (Lipinski definition) is 1. The third-order valence-electron chi connectivity index (χ3n) is 5.18. The van der Waals surface area contributed by atoms with Gasteiger partial charge in [0, 0.05) is 11.6 Å². The average Bonchev–Trinajstić information content (AvgIpc) is 3.06. The van der Waals surface area contributed by atoms with Gasteiger partial charge in [-0.1, -0.05) is 72.6 Å². The largest absolute Gasteiger partial charge is 0.377 e. The molecule has 3 heteroatoms. The van der Waals surface area contributed by atoms with Crippen LogP contribution in [-0.2, 0) is 6.42 Å². The second-order valence-corrected chi connectivity index (χ2v) is 7.14.